The Kier molecular flexibility index (Phi) is 6.91. The van der Waals surface area contributed by atoms with Crippen molar-refractivity contribution in [2.75, 3.05) is 6.54 Å². The average Bonchev–Trinajstić information content (AvgIpc) is 2.46. The Bertz CT molecular complexity index is 458. The van der Waals surface area contributed by atoms with Crippen molar-refractivity contribution in [3.05, 3.63) is 29.8 Å². The van der Waals surface area contributed by atoms with Crippen LogP contribution in [0.25, 0.3) is 0 Å². The molecule has 0 aromatic heterocycles. The van der Waals surface area contributed by atoms with Gasteiger partial charge in [-0.2, -0.15) is 0 Å². The van der Waals surface area contributed by atoms with Crippen molar-refractivity contribution in [1.82, 2.24) is 5.32 Å². The predicted octanol–water partition coefficient (Wildman–Crippen LogP) is 4.19. The summed E-state index contributed by atoms with van der Waals surface area (Å²) < 4.78 is 13.1. The molecule has 1 aliphatic carbocycles. The van der Waals surface area contributed by atoms with E-state index in [0.717, 1.165) is 24.3 Å². The Hall–Kier alpha value is -0.670. The molecule has 1 N–H and O–H groups in total. The summed E-state index contributed by atoms with van der Waals surface area (Å²) in [5, 5.41) is 3.92. The number of benzene rings is 1. The Morgan fingerprint density at radius 3 is 2.67 bits per heavy atom. The number of nitrogens with one attached hydrogen (secondary N) is 1. The fourth-order valence-corrected chi connectivity index (χ4v) is 4.96. The molecule has 1 aromatic rings. The first kappa shape index (κ1) is 16.7. The van der Waals surface area contributed by atoms with Crippen molar-refractivity contribution >= 4 is 10.8 Å². The Labute approximate surface area is 132 Å². The van der Waals surface area contributed by atoms with Crippen LogP contribution in [-0.2, 0) is 10.8 Å². The highest BCUT2D eigenvalue weighted by Crippen LogP contribution is 2.25. The van der Waals surface area contributed by atoms with E-state index in [2.05, 4.69) is 31.3 Å². The summed E-state index contributed by atoms with van der Waals surface area (Å²) in [6.07, 6.45) is 8.50. The van der Waals surface area contributed by atoms with E-state index in [4.69, 9.17) is 0 Å². The predicted molar refractivity (Wildman–Crippen MR) is 91.2 cm³/mol. The summed E-state index contributed by atoms with van der Waals surface area (Å²) in [5.41, 5.74) is 1.20. The number of aryl methyl sites for hydroxylation is 1. The summed E-state index contributed by atoms with van der Waals surface area (Å²) >= 11 is 0. The minimum absolute atomic E-state index is 0.263. The van der Waals surface area contributed by atoms with Gasteiger partial charge in [0.1, 0.15) is 0 Å². The van der Waals surface area contributed by atoms with Gasteiger partial charge in [-0.1, -0.05) is 44.7 Å². The van der Waals surface area contributed by atoms with E-state index in [9.17, 15) is 4.21 Å². The Morgan fingerprint density at radius 1 is 1.19 bits per heavy atom. The zero-order chi connectivity index (χ0) is 15.1. The lowest BCUT2D eigenvalue weighted by Crippen LogP contribution is -2.43. The summed E-state index contributed by atoms with van der Waals surface area (Å²) in [6, 6.07) is 8.63. The van der Waals surface area contributed by atoms with Crippen LogP contribution in [0.5, 0.6) is 0 Å². The highest BCUT2D eigenvalue weighted by atomic mass is 32.2. The van der Waals surface area contributed by atoms with Gasteiger partial charge in [-0.05, 0) is 50.4 Å². The summed E-state index contributed by atoms with van der Waals surface area (Å²) in [5.74, 6) is 0. The molecule has 0 spiro atoms. The first-order chi connectivity index (χ1) is 10.2. The van der Waals surface area contributed by atoms with Crippen LogP contribution in [0.2, 0.25) is 0 Å². The van der Waals surface area contributed by atoms with E-state index < -0.39 is 10.8 Å². The van der Waals surface area contributed by atoms with Crippen LogP contribution >= 0.6 is 0 Å². The first-order valence-electron chi connectivity index (χ1n) is 8.43. The van der Waals surface area contributed by atoms with Gasteiger partial charge < -0.3 is 5.32 Å². The molecule has 0 saturated heterocycles. The molecule has 1 saturated carbocycles. The van der Waals surface area contributed by atoms with Crippen LogP contribution in [0.15, 0.2) is 29.2 Å². The second-order valence-corrected chi connectivity index (χ2v) is 7.88. The van der Waals surface area contributed by atoms with Crippen molar-refractivity contribution in [2.45, 2.75) is 75.0 Å². The normalized spacial score (nSPS) is 25.0. The third-order valence-corrected chi connectivity index (χ3v) is 6.19. The monoisotopic (exact) mass is 307 g/mol. The second-order valence-electron chi connectivity index (χ2n) is 6.20. The van der Waals surface area contributed by atoms with Crippen LogP contribution in [0.1, 0.15) is 57.4 Å². The summed E-state index contributed by atoms with van der Waals surface area (Å²) in [6.45, 7) is 5.31. The van der Waals surface area contributed by atoms with Crippen molar-refractivity contribution < 1.29 is 4.21 Å². The molecule has 1 aliphatic rings. The molecule has 3 atom stereocenters. The lowest BCUT2D eigenvalue weighted by atomic mass is 9.96. The van der Waals surface area contributed by atoms with Crippen molar-refractivity contribution in [3.8, 4) is 0 Å². The molecular weight excluding hydrogens is 278 g/mol. The van der Waals surface area contributed by atoms with Gasteiger partial charge in [0.25, 0.3) is 0 Å². The van der Waals surface area contributed by atoms with Gasteiger partial charge in [0.2, 0.25) is 0 Å². The number of rotatable bonds is 5. The van der Waals surface area contributed by atoms with Gasteiger partial charge in [-0.15, -0.1) is 0 Å². The fourth-order valence-electron chi connectivity index (χ4n) is 3.19. The van der Waals surface area contributed by atoms with Gasteiger partial charge >= 0.3 is 0 Å². The molecule has 0 aliphatic heterocycles. The van der Waals surface area contributed by atoms with Gasteiger partial charge in [0.05, 0.1) is 16.0 Å². The molecular formula is C18H29NOS. The Morgan fingerprint density at radius 2 is 1.95 bits per heavy atom. The molecule has 2 nitrogen and oxygen atoms in total. The van der Waals surface area contributed by atoms with Gasteiger partial charge in [0, 0.05) is 10.9 Å². The van der Waals surface area contributed by atoms with E-state index in [1.807, 2.05) is 12.1 Å². The summed E-state index contributed by atoms with van der Waals surface area (Å²) in [7, 11) is -0.895. The third-order valence-electron chi connectivity index (χ3n) is 4.36. The molecule has 0 radical (unpaired) electrons. The van der Waals surface area contributed by atoms with Crippen LogP contribution in [0.3, 0.4) is 0 Å². The average molecular weight is 308 g/mol. The molecule has 21 heavy (non-hydrogen) atoms. The van der Waals surface area contributed by atoms with E-state index >= 15 is 0 Å². The zero-order valence-electron chi connectivity index (χ0n) is 13.4. The second kappa shape index (κ2) is 8.70. The minimum Gasteiger partial charge on any atom is -0.313 e. The first-order valence-corrected chi connectivity index (χ1v) is 9.64. The van der Waals surface area contributed by atoms with E-state index in [-0.39, 0.29) is 5.25 Å². The zero-order valence-corrected chi connectivity index (χ0v) is 14.3. The van der Waals surface area contributed by atoms with Gasteiger partial charge in [-0.3, -0.25) is 4.21 Å². The molecule has 118 valence electrons. The minimum atomic E-state index is -0.895. The van der Waals surface area contributed by atoms with Crippen molar-refractivity contribution in [3.63, 3.8) is 0 Å². The lowest BCUT2D eigenvalue weighted by molar-refractivity contribution is 0.395. The number of hydrogen-bond acceptors (Lipinski definition) is 2. The molecule has 0 amide bonds. The van der Waals surface area contributed by atoms with Crippen LogP contribution in [0.4, 0.5) is 0 Å². The topological polar surface area (TPSA) is 29.1 Å². The highest BCUT2D eigenvalue weighted by Gasteiger charge is 2.28. The quantitative estimate of drug-likeness (QED) is 0.883. The Balaban J connectivity index is 2.15. The standard InChI is InChI=1S/C18H29NOS/c1-3-13-19-17-11-6-4-5-7-12-18(17)21(20)16-10-8-9-15(2)14-16/h8-10,14,17-19H,3-7,11-13H2,1-2H3. The third kappa shape index (κ3) is 4.93. The maximum Gasteiger partial charge on any atom is 0.0576 e. The SMILES string of the molecule is CCCNC1CCCCCCC1S(=O)c1cccc(C)c1. The molecule has 3 heteroatoms. The molecule has 3 unspecified atom stereocenters. The highest BCUT2D eigenvalue weighted by molar-refractivity contribution is 7.85. The molecule has 1 fully saturated rings. The fraction of sp³-hybridized carbons (Fsp3) is 0.667. The van der Waals surface area contributed by atoms with E-state index in [1.54, 1.807) is 0 Å². The van der Waals surface area contributed by atoms with Crippen molar-refractivity contribution in [1.29, 1.82) is 0 Å². The molecule has 0 bridgehead atoms. The molecule has 0 heterocycles. The summed E-state index contributed by atoms with van der Waals surface area (Å²) in [4.78, 5) is 1.00. The van der Waals surface area contributed by atoms with Crippen LogP contribution in [-0.4, -0.2) is 22.0 Å². The smallest absolute Gasteiger partial charge is 0.0576 e. The number of hydrogen-bond donors (Lipinski definition) is 1. The maximum atomic E-state index is 13.1. The largest absolute Gasteiger partial charge is 0.313 e. The van der Waals surface area contributed by atoms with E-state index in [1.165, 1.54) is 37.7 Å². The van der Waals surface area contributed by atoms with Crippen LogP contribution < -0.4 is 5.32 Å². The molecule has 2 rings (SSSR count). The van der Waals surface area contributed by atoms with Crippen LogP contribution in [0, 0.1) is 6.92 Å². The lowest BCUT2D eigenvalue weighted by Gasteiger charge is -2.29. The van der Waals surface area contributed by atoms with Gasteiger partial charge in [-0.25, -0.2) is 0 Å². The van der Waals surface area contributed by atoms with Gasteiger partial charge in [0.15, 0.2) is 0 Å². The van der Waals surface area contributed by atoms with Crippen molar-refractivity contribution in [2.24, 2.45) is 0 Å². The molecule has 1 aromatic carbocycles. The maximum absolute atomic E-state index is 13.1. The van der Waals surface area contributed by atoms with E-state index in [0.29, 0.717) is 6.04 Å².